The van der Waals surface area contributed by atoms with Crippen molar-refractivity contribution in [1.82, 2.24) is 4.90 Å². The first-order valence-electron chi connectivity index (χ1n) is 7.06. The predicted molar refractivity (Wildman–Crippen MR) is 74.7 cm³/mol. The molecule has 1 aliphatic rings. The average Bonchev–Trinajstić information content (AvgIpc) is 2.36. The van der Waals surface area contributed by atoms with Crippen LogP contribution in [0.1, 0.15) is 40.5 Å². The summed E-state index contributed by atoms with van der Waals surface area (Å²) >= 11 is 0. The summed E-state index contributed by atoms with van der Waals surface area (Å²) < 4.78 is 11.3. The number of methoxy groups -OCH3 is 1. The van der Waals surface area contributed by atoms with Gasteiger partial charge in [-0.05, 0) is 33.6 Å². The van der Waals surface area contributed by atoms with Gasteiger partial charge in [-0.15, -0.1) is 0 Å². The smallest absolute Gasteiger partial charge is 0.0674 e. The Bertz CT molecular complexity index is 246. The molecule has 1 fully saturated rings. The molecule has 4 heteroatoms. The lowest BCUT2D eigenvalue weighted by atomic mass is 9.95. The molecule has 0 spiro atoms. The third kappa shape index (κ3) is 4.19. The van der Waals surface area contributed by atoms with E-state index in [2.05, 4.69) is 32.6 Å². The van der Waals surface area contributed by atoms with Crippen LogP contribution in [0, 0.1) is 0 Å². The van der Waals surface area contributed by atoms with Crippen LogP contribution in [0.4, 0.5) is 0 Å². The third-order valence-corrected chi connectivity index (χ3v) is 4.00. The largest absolute Gasteiger partial charge is 0.379 e. The molecule has 0 radical (unpaired) electrons. The van der Waals surface area contributed by atoms with Crippen molar-refractivity contribution in [3.05, 3.63) is 0 Å². The molecule has 1 aliphatic heterocycles. The minimum atomic E-state index is -0.121. The Morgan fingerprint density at radius 2 is 2.17 bits per heavy atom. The number of ether oxygens (including phenoxy) is 2. The lowest BCUT2D eigenvalue weighted by molar-refractivity contribution is -0.0868. The second-order valence-electron chi connectivity index (χ2n) is 5.96. The van der Waals surface area contributed by atoms with Crippen LogP contribution in [-0.2, 0) is 9.47 Å². The molecule has 0 aromatic rings. The highest BCUT2D eigenvalue weighted by molar-refractivity contribution is 4.88. The minimum absolute atomic E-state index is 0.121. The van der Waals surface area contributed by atoms with E-state index in [9.17, 15) is 0 Å². The third-order valence-electron chi connectivity index (χ3n) is 4.00. The van der Waals surface area contributed by atoms with Crippen molar-refractivity contribution >= 4 is 0 Å². The molecule has 0 aromatic heterocycles. The average molecular weight is 258 g/mol. The number of rotatable bonds is 6. The molecule has 1 heterocycles. The topological polar surface area (TPSA) is 47.7 Å². The highest BCUT2D eigenvalue weighted by Crippen LogP contribution is 2.24. The van der Waals surface area contributed by atoms with Gasteiger partial charge in [-0.25, -0.2) is 0 Å². The SMILES string of the molecule is CCC1COC(C)CN1C(CN)CC(C)(C)OC. The van der Waals surface area contributed by atoms with Crippen LogP contribution in [0.15, 0.2) is 0 Å². The molecule has 4 nitrogen and oxygen atoms in total. The van der Waals surface area contributed by atoms with Gasteiger partial charge in [0.1, 0.15) is 0 Å². The standard InChI is InChI=1S/C14H30N2O2/c1-6-12-10-18-11(2)9-16(12)13(8-15)7-14(3,4)17-5/h11-13H,6-10,15H2,1-5H3. The molecule has 18 heavy (non-hydrogen) atoms. The maximum Gasteiger partial charge on any atom is 0.0674 e. The summed E-state index contributed by atoms with van der Waals surface area (Å²) in [6.45, 7) is 11.1. The van der Waals surface area contributed by atoms with Gasteiger partial charge in [0.15, 0.2) is 0 Å². The molecule has 3 atom stereocenters. The van der Waals surface area contributed by atoms with Crippen molar-refractivity contribution in [2.45, 2.75) is 64.3 Å². The van der Waals surface area contributed by atoms with Gasteiger partial charge in [0, 0.05) is 32.3 Å². The van der Waals surface area contributed by atoms with Gasteiger partial charge in [0.05, 0.1) is 18.3 Å². The fourth-order valence-corrected chi connectivity index (χ4v) is 2.66. The van der Waals surface area contributed by atoms with Gasteiger partial charge in [0.2, 0.25) is 0 Å². The lowest BCUT2D eigenvalue weighted by Gasteiger charge is -2.44. The Labute approximate surface area is 112 Å². The number of hydrogen-bond donors (Lipinski definition) is 1. The highest BCUT2D eigenvalue weighted by Gasteiger charge is 2.33. The van der Waals surface area contributed by atoms with Gasteiger partial charge in [-0.3, -0.25) is 4.90 Å². The van der Waals surface area contributed by atoms with Gasteiger partial charge >= 0.3 is 0 Å². The van der Waals surface area contributed by atoms with E-state index in [1.165, 1.54) is 0 Å². The van der Waals surface area contributed by atoms with E-state index in [0.29, 0.717) is 24.7 Å². The van der Waals surface area contributed by atoms with Crippen LogP contribution in [0.3, 0.4) is 0 Å². The van der Waals surface area contributed by atoms with Crippen molar-refractivity contribution in [1.29, 1.82) is 0 Å². The van der Waals surface area contributed by atoms with E-state index >= 15 is 0 Å². The molecule has 0 bridgehead atoms. The van der Waals surface area contributed by atoms with E-state index in [1.807, 2.05) is 0 Å². The summed E-state index contributed by atoms with van der Waals surface area (Å²) in [6, 6.07) is 0.860. The molecular weight excluding hydrogens is 228 g/mol. The summed E-state index contributed by atoms with van der Waals surface area (Å²) in [6.07, 6.45) is 2.37. The zero-order valence-electron chi connectivity index (χ0n) is 12.6. The summed E-state index contributed by atoms with van der Waals surface area (Å²) in [5, 5.41) is 0. The van der Waals surface area contributed by atoms with E-state index < -0.39 is 0 Å². The molecule has 0 saturated carbocycles. The van der Waals surface area contributed by atoms with Gasteiger partial charge in [-0.1, -0.05) is 6.92 Å². The Kier molecular flexibility index (Phi) is 6.05. The van der Waals surface area contributed by atoms with Gasteiger partial charge in [0.25, 0.3) is 0 Å². The Morgan fingerprint density at radius 1 is 1.50 bits per heavy atom. The van der Waals surface area contributed by atoms with Crippen molar-refractivity contribution in [3.8, 4) is 0 Å². The van der Waals surface area contributed by atoms with Crippen molar-refractivity contribution in [2.75, 3.05) is 26.8 Å². The Hall–Kier alpha value is -0.160. The van der Waals surface area contributed by atoms with Crippen molar-refractivity contribution < 1.29 is 9.47 Å². The summed E-state index contributed by atoms with van der Waals surface area (Å²) in [5.74, 6) is 0. The Balaban J connectivity index is 2.71. The maximum atomic E-state index is 5.99. The number of nitrogens with two attached hydrogens (primary N) is 1. The molecule has 1 rings (SSSR count). The summed E-state index contributed by atoms with van der Waals surface area (Å²) in [4.78, 5) is 2.52. The number of morpholine rings is 1. The number of nitrogens with zero attached hydrogens (tertiary/aromatic N) is 1. The lowest BCUT2D eigenvalue weighted by Crippen LogP contribution is -2.56. The molecule has 3 unspecified atom stereocenters. The Morgan fingerprint density at radius 3 is 2.67 bits per heavy atom. The van der Waals surface area contributed by atoms with Crippen LogP contribution < -0.4 is 5.73 Å². The van der Waals surface area contributed by atoms with Crippen LogP contribution >= 0.6 is 0 Å². The first-order chi connectivity index (χ1) is 8.43. The monoisotopic (exact) mass is 258 g/mol. The van der Waals surface area contributed by atoms with E-state index in [4.69, 9.17) is 15.2 Å². The first-order valence-corrected chi connectivity index (χ1v) is 7.06. The maximum absolute atomic E-state index is 5.99. The molecule has 0 aromatic carbocycles. The van der Waals surface area contributed by atoms with E-state index in [1.54, 1.807) is 7.11 Å². The molecule has 1 saturated heterocycles. The fourth-order valence-electron chi connectivity index (χ4n) is 2.66. The zero-order chi connectivity index (χ0) is 13.8. The molecule has 2 N–H and O–H groups in total. The second kappa shape index (κ2) is 6.85. The summed E-state index contributed by atoms with van der Waals surface area (Å²) in [5.41, 5.74) is 5.87. The molecule has 0 aliphatic carbocycles. The first kappa shape index (κ1) is 15.9. The fraction of sp³-hybridized carbons (Fsp3) is 1.00. The van der Waals surface area contributed by atoms with Crippen LogP contribution in [0.5, 0.6) is 0 Å². The van der Waals surface area contributed by atoms with Crippen LogP contribution in [0.25, 0.3) is 0 Å². The van der Waals surface area contributed by atoms with Crippen molar-refractivity contribution in [3.63, 3.8) is 0 Å². The van der Waals surface area contributed by atoms with E-state index in [-0.39, 0.29) is 5.60 Å². The molecule has 108 valence electrons. The van der Waals surface area contributed by atoms with Gasteiger partial charge in [-0.2, -0.15) is 0 Å². The molecule has 0 amide bonds. The molecular formula is C14H30N2O2. The minimum Gasteiger partial charge on any atom is -0.379 e. The van der Waals surface area contributed by atoms with Crippen molar-refractivity contribution in [2.24, 2.45) is 5.73 Å². The quantitative estimate of drug-likeness (QED) is 0.786. The van der Waals surface area contributed by atoms with Crippen LogP contribution in [0.2, 0.25) is 0 Å². The van der Waals surface area contributed by atoms with E-state index in [0.717, 1.165) is 26.0 Å². The second-order valence-corrected chi connectivity index (χ2v) is 5.96. The summed E-state index contributed by atoms with van der Waals surface area (Å²) in [7, 11) is 1.77. The predicted octanol–water partition coefficient (Wildman–Crippen LogP) is 1.63. The van der Waals surface area contributed by atoms with Gasteiger partial charge < -0.3 is 15.2 Å². The normalized spacial score (nSPS) is 28.3. The highest BCUT2D eigenvalue weighted by atomic mass is 16.5. The zero-order valence-corrected chi connectivity index (χ0v) is 12.6. The number of hydrogen-bond acceptors (Lipinski definition) is 4. The van der Waals surface area contributed by atoms with Crippen LogP contribution in [-0.4, -0.2) is 55.5 Å².